The first-order valence-corrected chi connectivity index (χ1v) is 15.1. The van der Waals surface area contributed by atoms with Gasteiger partial charge in [-0.05, 0) is 111 Å². The van der Waals surface area contributed by atoms with Crippen LogP contribution in [0.4, 0.5) is 0 Å². The van der Waals surface area contributed by atoms with Crippen molar-refractivity contribution >= 4 is 5.97 Å². The quantitative estimate of drug-likeness (QED) is 0.243. The molecule has 0 heterocycles. The molecule has 0 aromatic rings. The minimum Gasteiger partial charge on any atom is -0.457 e. The lowest BCUT2D eigenvalue weighted by Crippen LogP contribution is -2.53. The van der Waals surface area contributed by atoms with Crippen molar-refractivity contribution in [3.8, 4) is 0 Å². The molecule has 7 aliphatic rings. The Kier molecular flexibility index (Phi) is 6.80. The average Bonchev–Trinajstić information content (AvgIpc) is 3.20. The minimum absolute atomic E-state index is 0.00880. The molecule has 0 unspecified atom stereocenters. The molecule has 2 N–H and O–H groups in total. The van der Waals surface area contributed by atoms with E-state index in [2.05, 4.69) is 32.6 Å². The summed E-state index contributed by atoms with van der Waals surface area (Å²) in [6.45, 7) is 8.49. The predicted molar refractivity (Wildman–Crippen MR) is 147 cm³/mol. The monoisotopic (exact) mass is 522 g/mol. The molecule has 4 bridgehead atoms. The third kappa shape index (κ3) is 4.77. The van der Waals surface area contributed by atoms with Gasteiger partial charge in [0.1, 0.15) is 12.2 Å². The maximum absolute atomic E-state index is 12.9. The Balaban J connectivity index is 1.11. The highest BCUT2D eigenvalue weighted by Gasteiger charge is 2.53. The molecular formula is C33H46O5. The van der Waals surface area contributed by atoms with Crippen molar-refractivity contribution in [2.45, 2.75) is 115 Å². The Morgan fingerprint density at radius 2 is 1.82 bits per heavy atom. The van der Waals surface area contributed by atoms with Gasteiger partial charge >= 0.3 is 5.97 Å². The number of rotatable bonds is 6. The zero-order valence-corrected chi connectivity index (χ0v) is 23.3. The van der Waals surface area contributed by atoms with Gasteiger partial charge < -0.3 is 19.7 Å². The largest absolute Gasteiger partial charge is 0.457 e. The number of hydrogen-bond acceptors (Lipinski definition) is 5. The number of ether oxygens (including phenoxy) is 2. The SMILES string of the molecule is C=C1C(=CC=C2CCC[C@]3(C)C(CC)=CC[C@@H]23)C[C@](O)(OCC(=O)OC23CC4CC(CC(C4)C2)C3)C[C@@H]1O. The van der Waals surface area contributed by atoms with E-state index in [9.17, 15) is 15.0 Å². The summed E-state index contributed by atoms with van der Waals surface area (Å²) >= 11 is 0. The Bertz CT molecular complexity index is 1050. The molecule has 7 aliphatic carbocycles. The van der Waals surface area contributed by atoms with Crippen molar-refractivity contribution in [2.24, 2.45) is 29.1 Å². The van der Waals surface area contributed by atoms with Crippen molar-refractivity contribution in [2.75, 3.05) is 6.61 Å². The summed E-state index contributed by atoms with van der Waals surface area (Å²) in [7, 11) is 0. The van der Waals surface area contributed by atoms with Crippen molar-refractivity contribution in [3.05, 3.63) is 47.1 Å². The maximum Gasteiger partial charge on any atom is 0.332 e. The number of hydrogen-bond donors (Lipinski definition) is 2. The molecule has 0 spiro atoms. The van der Waals surface area contributed by atoms with Gasteiger partial charge in [0.15, 0.2) is 5.79 Å². The van der Waals surface area contributed by atoms with Crippen molar-refractivity contribution in [1.29, 1.82) is 0 Å². The van der Waals surface area contributed by atoms with Crippen LogP contribution < -0.4 is 0 Å². The number of fused-ring (bicyclic) bond motifs is 1. The summed E-state index contributed by atoms with van der Waals surface area (Å²) < 4.78 is 11.9. The molecule has 0 aromatic heterocycles. The first kappa shape index (κ1) is 26.5. The zero-order chi connectivity index (χ0) is 26.7. The number of carbonyl (C=O) groups is 1. The van der Waals surface area contributed by atoms with Gasteiger partial charge in [-0.3, -0.25) is 0 Å². The number of aliphatic hydroxyl groups excluding tert-OH is 1. The number of esters is 1. The molecule has 5 heteroatoms. The van der Waals surface area contributed by atoms with Gasteiger partial charge in [0, 0.05) is 12.8 Å². The highest BCUT2D eigenvalue weighted by atomic mass is 16.6. The smallest absolute Gasteiger partial charge is 0.332 e. The number of carbonyl (C=O) groups excluding carboxylic acids is 1. The summed E-state index contributed by atoms with van der Waals surface area (Å²) in [4.78, 5) is 12.9. The van der Waals surface area contributed by atoms with E-state index in [0.29, 0.717) is 29.2 Å². The molecule has 38 heavy (non-hydrogen) atoms. The highest BCUT2D eigenvalue weighted by Crippen LogP contribution is 2.57. The second-order valence-electron chi connectivity index (χ2n) is 13.8. The second kappa shape index (κ2) is 9.74. The molecule has 4 atom stereocenters. The predicted octanol–water partition coefficient (Wildman–Crippen LogP) is 6.31. The lowest BCUT2D eigenvalue weighted by atomic mass is 9.54. The molecule has 0 aromatic carbocycles. The van der Waals surface area contributed by atoms with Gasteiger partial charge in [0.2, 0.25) is 0 Å². The summed E-state index contributed by atoms with van der Waals surface area (Å²) in [6.07, 6.45) is 18.5. The van der Waals surface area contributed by atoms with E-state index in [1.165, 1.54) is 37.7 Å². The molecule has 0 radical (unpaired) electrons. The van der Waals surface area contributed by atoms with Crippen LogP contribution in [0.15, 0.2) is 47.1 Å². The molecule has 5 nitrogen and oxygen atoms in total. The standard InChI is InChI=1S/C33H46O5/c1-4-27-9-10-28-25(6-5-11-31(27,28)3)7-8-26-18-33(36,19-29(34)21(26)2)37-20-30(35)38-32-15-22-12-23(16-32)14-24(13-22)17-32/h7-9,22-24,28-29,34,36H,2,4-6,10-20H2,1,3H3/t22?,23?,24?,28-,29-,31+,32?,33-/m0/s1. The maximum atomic E-state index is 12.9. The molecule has 0 amide bonds. The van der Waals surface area contributed by atoms with Crippen LogP contribution in [0, 0.1) is 29.1 Å². The van der Waals surface area contributed by atoms with Crippen molar-refractivity contribution in [1.82, 2.24) is 0 Å². The van der Waals surface area contributed by atoms with Crippen LogP contribution >= 0.6 is 0 Å². The minimum atomic E-state index is -1.61. The van der Waals surface area contributed by atoms with Crippen LogP contribution in [0.5, 0.6) is 0 Å². The van der Waals surface area contributed by atoms with Crippen LogP contribution in [0.25, 0.3) is 0 Å². The molecule has 208 valence electrons. The first-order valence-electron chi connectivity index (χ1n) is 15.1. The Hall–Kier alpha value is -1.69. The fourth-order valence-electron chi connectivity index (χ4n) is 9.68. The Labute approximate surface area is 228 Å². The van der Waals surface area contributed by atoms with Crippen LogP contribution in [-0.4, -0.2) is 40.3 Å². The summed E-state index contributed by atoms with van der Waals surface area (Å²) in [5.74, 6) is 0.591. The van der Waals surface area contributed by atoms with Gasteiger partial charge in [-0.15, -0.1) is 0 Å². The highest BCUT2D eigenvalue weighted by molar-refractivity contribution is 5.71. The molecule has 0 aliphatic heterocycles. The van der Waals surface area contributed by atoms with Crippen LogP contribution in [0.2, 0.25) is 0 Å². The topological polar surface area (TPSA) is 76.0 Å². The number of allylic oxidation sites excluding steroid dienone is 5. The molecule has 7 rings (SSSR count). The van der Waals surface area contributed by atoms with Gasteiger partial charge in [-0.2, -0.15) is 0 Å². The molecule has 6 fully saturated rings. The van der Waals surface area contributed by atoms with Crippen LogP contribution in [0.3, 0.4) is 0 Å². The summed E-state index contributed by atoms with van der Waals surface area (Å²) in [5, 5.41) is 22.0. The Morgan fingerprint density at radius 3 is 2.47 bits per heavy atom. The van der Waals surface area contributed by atoms with Gasteiger partial charge in [-0.1, -0.05) is 49.8 Å². The second-order valence-corrected chi connectivity index (χ2v) is 13.8. The normalized spacial score (nSPS) is 45.9. The van der Waals surface area contributed by atoms with Gasteiger partial charge in [0.05, 0.1) is 6.10 Å². The average molecular weight is 523 g/mol. The molecular weight excluding hydrogens is 476 g/mol. The summed E-state index contributed by atoms with van der Waals surface area (Å²) in [5.41, 5.74) is 4.38. The van der Waals surface area contributed by atoms with E-state index < -0.39 is 17.9 Å². The molecule has 6 saturated carbocycles. The van der Waals surface area contributed by atoms with Gasteiger partial charge in [-0.25, -0.2) is 4.79 Å². The van der Waals surface area contributed by atoms with E-state index >= 15 is 0 Å². The molecule has 0 saturated heterocycles. The van der Waals surface area contributed by atoms with Crippen molar-refractivity contribution < 1.29 is 24.5 Å². The first-order chi connectivity index (χ1) is 18.1. The van der Waals surface area contributed by atoms with E-state index in [-0.39, 0.29) is 30.5 Å². The van der Waals surface area contributed by atoms with Crippen LogP contribution in [-0.2, 0) is 14.3 Å². The fraction of sp³-hybridized carbons (Fsp3) is 0.727. The number of aliphatic hydroxyl groups is 2. The van der Waals surface area contributed by atoms with E-state index in [1.807, 2.05) is 6.08 Å². The zero-order valence-electron chi connectivity index (χ0n) is 23.3. The Morgan fingerprint density at radius 1 is 1.13 bits per heavy atom. The van der Waals surface area contributed by atoms with Gasteiger partial charge in [0.25, 0.3) is 0 Å². The van der Waals surface area contributed by atoms with E-state index in [1.54, 1.807) is 5.57 Å². The summed E-state index contributed by atoms with van der Waals surface area (Å²) in [6, 6.07) is 0. The lowest BCUT2D eigenvalue weighted by molar-refractivity contribution is -0.234. The van der Waals surface area contributed by atoms with Crippen molar-refractivity contribution in [3.63, 3.8) is 0 Å². The third-order valence-corrected chi connectivity index (χ3v) is 11.2. The van der Waals surface area contributed by atoms with E-state index in [4.69, 9.17) is 9.47 Å². The van der Waals surface area contributed by atoms with E-state index in [0.717, 1.165) is 44.1 Å². The fourth-order valence-corrected chi connectivity index (χ4v) is 9.68. The lowest BCUT2D eigenvalue weighted by Gasteiger charge is -2.55. The van der Waals surface area contributed by atoms with Crippen LogP contribution in [0.1, 0.15) is 97.3 Å². The third-order valence-electron chi connectivity index (χ3n) is 11.2.